The van der Waals surface area contributed by atoms with Crippen molar-refractivity contribution in [3.05, 3.63) is 65.0 Å². The maximum atomic E-state index is 11.0. The van der Waals surface area contributed by atoms with Crippen molar-refractivity contribution < 1.29 is 14.3 Å². The zero-order chi connectivity index (χ0) is 26.7. The Kier molecular flexibility index (Phi) is 8.55. The Balaban J connectivity index is 1.74. The highest BCUT2D eigenvalue weighted by molar-refractivity contribution is 5.63. The molecule has 1 unspecified atom stereocenters. The monoisotopic (exact) mass is 492 g/mol. The van der Waals surface area contributed by atoms with Crippen LogP contribution in [0.3, 0.4) is 0 Å². The van der Waals surface area contributed by atoms with Gasteiger partial charge in [-0.15, -0.1) is 0 Å². The van der Waals surface area contributed by atoms with Crippen LogP contribution >= 0.6 is 0 Å². The van der Waals surface area contributed by atoms with E-state index in [1.807, 2.05) is 24.3 Å². The van der Waals surface area contributed by atoms with Crippen molar-refractivity contribution in [2.45, 2.75) is 105 Å². The number of ether oxygens (including phenoxy) is 1. The topological polar surface area (TPSA) is 67.5 Å². The third-order valence-corrected chi connectivity index (χ3v) is 6.76. The second-order valence-electron chi connectivity index (χ2n) is 11.8. The summed E-state index contributed by atoms with van der Waals surface area (Å²) in [5.74, 6) is 1.68. The highest BCUT2D eigenvalue weighted by atomic mass is 16.5. The van der Waals surface area contributed by atoms with Gasteiger partial charge in [0.15, 0.2) is 0 Å². The quantitative estimate of drug-likeness (QED) is 0.316. The molecule has 2 N–H and O–H groups in total. The minimum absolute atomic E-state index is 0.216. The Morgan fingerprint density at radius 3 is 2.00 bits per heavy atom. The van der Waals surface area contributed by atoms with Gasteiger partial charge in [-0.05, 0) is 60.4 Å². The van der Waals surface area contributed by atoms with E-state index >= 15 is 0 Å². The standard InChI is InChI=1S/C31H44N2O3/c1-10-23(11-2)32-20(3)21-12-14-25(15-13-21)35-18-24-19-36-29(33-24)22-16-26(30(4,5)6)28(34)27(17-22)31(7,8)9/h12-17,19-20,23,32,34H,10-11,18H2,1-9H3. The Labute approximate surface area is 217 Å². The van der Waals surface area contributed by atoms with Gasteiger partial charge in [0.1, 0.15) is 30.1 Å². The highest BCUT2D eigenvalue weighted by Crippen LogP contribution is 2.41. The van der Waals surface area contributed by atoms with Gasteiger partial charge in [-0.3, -0.25) is 0 Å². The molecule has 0 aliphatic rings. The Morgan fingerprint density at radius 1 is 0.944 bits per heavy atom. The summed E-state index contributed by atoms with van der Waals surface area (Å²) in [6.07, 6.45) is 3.90. The van der Waals surface area contributed by atoms with Crippen LogP contribution in [-0.2, 0) is 17.4 Å². The zero-order valence-electron chi connectivity index (χ0n) is 23.5. The van der Waals surface area contributed by atoms with Gasteiger partial charge in [0, 0.05) is 28.8 Å². The lowest BCUT2D eigenvalue weighted by Crippen LogP contribution is -2.30. The van der Waals surface area contributed by atoms with Crippen LogP contribution in [0, 0.1) is 0 Å². The average molecular weight is 493 g/mol. The molecule has 5 heteroatoms. The molecule has 36 heavy (non-hydrogen) atoms. The lowest BCUT2D eigenvalue weighted by Gasteiger charge is -2.27. The number of nitrogens with one attached hydrogen (secondary N) is 1. The van der Waals surface area contributed by atoms with Crippen LogP contribution in [0.25, 0.3) is 11.5 Å². The van der Waals surface area contributed by atoms with Crippen molar-refractivity contribution in [2.75, 3.05) is 0 Å². The number of hydrogen-bond acceptors (Lipinski definition) is 5. The summed E-state index contributed by atoms with van der Waals surface area (Å²) >= 11 is 0. The van der Waals surface area contributed by atoms with Gasteiger partial charge in [0.05, 0.1) is 0 Å². The predicted molar refractivity (Wildman–Crippen MR) is 148 cm³/mol. The molecule has 0 fully saturated rings. The fraction of sp³-hybridized carbons (Fsp3) is 0.516. The molecule has 196 valence electrons. The fourth-order valence-electron chi connectivity index (χ4n) is 4.39. The van der Waals surface area contributed by atoms with Crippen LogP contribution in [0.1, 0.15) is 104 Å². The van der Waals surface area contributed by atoms with E-state index < -0.39 is 0 Å². The lowest BCUT2D eigenvalue weighted by atomic mass is 9.78. The van der Waals surface area contributed by atoms with E-state index in [0.29, 0.717) is 30.3 Å². The van der Waals surface area contributed by atoms with E-state index in [4.69, 9.17) is 9.15 Å². The van der Waals surface area contributed by atoms with Crippen molar-refractivity contribution in [3.8, 4) is 23.0 Å². The summed E-state index contributed by atoms with van der Waals surface area (Å²) in [5, 5.41) is 14.7. The SMILES string of the molecule is CCC(CC)NC(C)c1ccc(OCc2coc(-c3cc(C(C)(C)C)c(O)c(C(C)(C)C)c3)n2)cc1. The third-order valence-electron chi connectivity index (χ3n) is 6.76. The zero-order valence-corrected chi connectivity index (χ0v) is 23.5. The van der Waals surface area contributed by atoms with Crippen LogP contribution in [0.4, 0.5) is 0 Å². The number of benzene rings is 2. The predicted octanol–water partition coefficient (Wildman–Crippen LogP) is 8.06. The second-order valence-corrected chi connectivity index (χ2v) is 11.8. The van der Waals surface area contributed by atoms with E-state index in [0.717, 1.165) is 41.0 Å². The van der Waals surface area contributed by atoms with E-state index in [-0.39, 0.29) is 10.8 Å². The minimum atomic E-state index is -0.216. The number of phenolic OH excluding ortho intramolecular Hbond substituents is 1. The van der Waals surface area contributed by atoms with Crippen molar-refractivity contribution in [2.24, 2.45) is 0 Å². The Hall–Kier alpha value is -2.79. The smallest absolute Gasteiger partial charge is 0.226 e. The Morgan fingerprint density at radius 2 is 1.50 bits per heavy atom. The molecule has 3 rings (SSSR count). The van der Waals surface area contributed by atoms with Gasteiger partial charge in [-0.2, -0.15) is 0 Å². The first-order valence-electron chi connectivity index (χ1n) is 13.1. The first-order valence-corrected chi connectivity index (χ1v) is 13.1. The van der Waals surface area contributed by atoms with Crippen molar-refractivity contribution in [1.82, 2.24) is 10.3 Å². The molecule has 0 amide bonds. The van der Waals surface area contributed by atoms with Crippen LogP contribution in [-0.4, -0.2) is 16.1 Å². The summed E-state index contributed by atoms with van der Waals surface area (Å²) in [6.45, 7) is 19.5. The molecule has 1 atom stereocenters. The van der Waals surface area contributed by atoms with Crippen LogP contribution in [0.2, 0.25) is 0 Å². The van der Waals surface area contributed by atoms with Crippen LogP contribution in [0.15, 0.2) is 47.1 Å². The number of hydrogen-bond donors (Lipinski definition) is 2. The summed E-state index contributed by atoms with van der Waals surface area (Å²) in [4.78, 5) is 4.69. The van der Waals surface area contributed by atoms with Gasteiger partial charge < -0.3 is 19.6 Å². The number of nitrogens with zero attached hydrogens (tertiary/aromatic N) is 1. The molecule has 5 nitrogen and oxygen atoms in total. The molecule has 0 radical (unpaired) electrons. The number of phenols is 1. The second kappa shape index (κ2) is 11.1. The largest absolute Gasteiger partial charge is 0.507 e. The minimum Gasteiger partial charge on any atom is -0.507 e. The third kappa shape index (κ3) is 6.70. The molecule has 0 aliphatic carbocycles. The van der Waals surface area contributed by atoms with Gasteiger partial charge in [0.2, 0.25) is 5.89 Å². The van der Waals surface area contributed by atoms with E-state index in [9.17, 15) is 5.11 Å². The summed E-state index contributed by atoms with van der Waals surface area (Å²) in [5.41, 5.74) is 4.16. The first-order chi connectivity index (χ1) is 16.8. The van der Waals surface area contributed by atoms with Crippen molar-refractivity contribution in [1.29, 1.82) is 0 Å². The van der Waals surface area contributed by atoms with Crippen LogP contribution in [0.5, 0.6) is 11.5 Å². The molecule has 0 spiro atoms. The molecule has 0 saturated heterocycles. The van der Waals surface area contributed by atoms with Gasteiger partial charge in [0.25, 0.3) is 0 Å². The number of aromatic hydroxyl groups is 1. The maximum Gasteiger partial charge on any atom is 0.226 e. The molecule has 2 aromatic carbocycles. The van der Waals surface area contributed by atoms with Gasteiger partial charge in [-0.1, -0.05) is 67.5 Å². The summed E-state index contributed by atoms with van der Waals surface area (Å²) in [7, 11) is 0. The van der Waals surface area contributed by atoms with Gasteiger partial charge >= 0.3 is 0 Å². The van der Waals surface area contributed by atoms with E-state index in [2.05, 4.69) is 84.7 Å². The molecule has 3 aromatic rings. The number of oxazole rings is 1. The number of aromatic nitrogens is 1. The van der Waals surface area contributed by atoms with Crippen molar-refractivity contribution >= 4 is 0 Å². The Bertz CT molecular complexity index is 1090. The van der Waals surface area contributed by atoms with E-state index in [1.54, 1.807) is 6.26 Å². The molecule has 0 aliphatic heterocycles. The van der Waals surface area contributed by atoms with E-state index in [1.165, 1.54) is 5.56 Å². The summed E-state index contributed by atoms with van der Waals surface area (Å²) < 4.78 is 11.8. The first kappa shape index (κ1) is 27.8. The molecule has 0 saturated carbocycles. The maximum absolute atomic E-state index is 11.0. The molecular weight excluding hydrogens is 448 g/mol. The van der Waals surface area contributed by atoms with Gasteiger partial charge in [-0.25, -0.2) is 4.98 Å². The lowest BCUT2D eigenvalue weighted by molar-refractivity contribution is 0.301. The van der Waals surface area contributed by atoms with Crippen molar-refractivity contribution in [3.63, 3.8) is 0 Å². The normalized spacial score (nSPS) is 13.3. The molecule has 1 aromatic heterocycles. The fourth-order valence-corrected chi connectivity index (χ4v) is 4.39. The molecule has 1 heterocycles. The van der Waals surface area contributed by atoms with Crippen LogP contribution < -0.4 is 10.1 Å². The molecular formula is C31H44N2O3. The molecule has 0 bridgehead atoms. The summed E-state index contributed by atoms with van der Waals surface area (Å²) in [6, 6.07) is 13.0. The average Bonchev–Trinajstić information content (AvgIpc) is 3.29. The highest BCUT2D eigenvalue weighted by Gasteiger charge is 2.27. The number of rotatable bonds is 9.